The van der Waals surface area contributed by atoms with Crippen LogP contribution in [0.25, 0.3) is 5.76 Å². The molecule has 5 rings (SSSR count). The van der Waals surface area contributed by atoms with E-state index >= 15 is 4.39 Å². The highest BCUT2D eigenvalue weighted by molar-refractivity contribution is 7.12. The average molecular weight is 454 g/mol. The van der Waals surface area contributed by atoms with Crippen molar-refractivity contribution >= 4 is 17.1 Å². The first-order valence-corrected chi connectivity index (χ1v) is 11.0. The van der Waals surface area contributed by atoms with Crippen molar-refractivity contribution in [2.45, 2.75) is 62.5 Å². The number of halogens is 3. The molecule has 3 aliphatic carbocycles. The number of rotatable bonds is 3. The fraction of sp³-hybridized carbons (Fsp3) is 0.524. The van der Waals surface area contributed by atoms with Gasteiger partial charge in [-0.25, -0.2) is 18.0 Å². The lowest BCUT2D eigenvalue weighted by Gasteiger charge is -2.32. The van der Waals surface area contributed by atoms with Gasteiger partial charge in [0, 0.05) is 39.4 Å². The fourth-order valence-corrected chi connectivity index (χ4v) is 6.22. The van der Waals surface area contributed by atoms with Crippen molar-refractivity contribution in [1.82, 2.24) is 9.55 Å². The number of aliphatic hydroxyl groups is 1. The van der Waals surface area contributed by atoms with Gasteiger partial charge in [0.1, 0.15) is 11.7 Å². The predicted octanol–water partition coefficient (Wildman–Crippen LogP) is 3.73. The number of aromatic nitrogens is 2. The van der Waals surface area contributed by atoms with Crippen molar-refractivity contribution < 1.29 is 23.0 Å². The number of aryl methyl sites for hydroxylation is 1. The van der Waals surface area contributed by atoms with Crippen LogP contribution in [0.2, 0.25) is 0 Å². The lowest BCUT2D eigenvalue weighted by atomic mass is 9.80. The SMILES string of the molecule is COC1=C(F)C(c2cc3c(s2)CCC(F)(F)C3O)C(C)c2c1c(=O)[nH]c(=O)n2C1CC1. The second-order valence-corrected chi connectivity index (χ2v) is 9.63. The smallest absolute Gasteiger partial charge is 0.328 e. The molecule has 3 aliphatic rings. The quantitative estimate of drug-likeness (QED) is 0.740. The first kappa shape index (κ1) is 20.6. The molecule has 0 aliphatic heterocycles. The summed E-state index contributed by atoms with van der Waals surface area (Å²) >= 11 is 1.18. The minimum atomic E-state index is -3.23. The van der Waals surface area contributed by atoms with Gasteiger partial charge in [-0.3, -0.25) is 14.3 Å². The zero-order valence-corrected chi connectivity index (χ0v) is 17.7. The van der Waals surface area contributed by atoms with Crippen LogP contribution in [0, 0.1) is 0 Å². The summed E-state index contributed by atoms with van der Waals surface area (Å²) in [7, 11) is 1.25. The Labute approximate surface area is 179 Å². The van der Waals surface area contributed by atoms with Gasteiger partial charge in [-0.15, -0.1) is 11.3 Å². The van der Waals surface area contributed by atoms with E-state index in [4.69, 9.17) is 4.74 Å². The second-order valence-electron chi connectivity index (χ2n) is 8.46. The van der Waals surface area contributed by atoms with E-state index in [1.807, 2.05) is 0 Å². The van der Waals surface area contributed by atoms with E-state index in [1.54, 1.807) is 6.92 Å². The minimum Gasteiger partial charge on any atom is -0.493 e. The molecule has 10 heteroatoms. The number of aliphatic hydroxyl groups excluding tert-OH is 1. The summed E-state index contributed by atoms with van der Waals surface area (Å²) in [6.45, 7) is 1.72. The number of alkyl halides is 2. The van der Waals surface area contributed by atoms with Crippen molar-refractivity contribution in [3.63, 3.8) is 0 Å². The van der Waals surface area contributed by atoms with Crippen LogP contribution in [0.5, 0.6) is 0 Å². The number of H-pyrrole nitrogens is 1. The number of thiophene rings is 1. The molecule has 3 unspecified atom stereocenters. The molecule has 1 saturated carbocycles. The molecule has 0 saturated heterocycles. The number of aromatic amines is 1. The molecule has 2 N–H and O–H groups in total. The molecule has 166 valence electrons. The molecule has 0 aromatic carbocycles. The molecule has 3 atom stereocenters. The van der Waals surface area contributed by atoms with Crippen molar-refractivity contribution in [1.29, 1.82) is 0 Å². The summed E-state index contributed by atoms with van der Waals surface area (Å²) in [5.74, 6) is -5.69. The highest BCUT2D eigenvalue weighted by Gasteiger charge is 2.47. The highest BCUT2D eigenvalue weighted by Crippen LogP contribution is 2.53. The first-order valence-electron chi connectivity index (χ1n) is 10.2. The van der Waals surface area contributed by atoms with Crippen molar-refractivity contribution in [2.75, 3.05) is 7.11 Å². The molecule has 31 heavy (non-hydrogen) atoms. The Kier molecular flexibility index (Phi) is 4.53. The molecule has 2 heterocycles. The lowest BCUT2D eigenvalue weighted by Crippen LogP contribution is -2.38. The van der Waals surface area contributed by atoms with Crippen molar-refractivity contribution in [2.24, 2.45) is 0 Å². The lowest BCUT2D eigenvalue weighted by molar-refractivity contribution is -0.121. The topological polar surface area (TPSA) is 84.3 Å². The monoisotopic (exact) mass is 454 g/mol. The van der Waals surface area contributed by atoms with Crippen LogP contribution in [-0.4, -0.2) is 27.7 Å². The zero-order chi connectivity index (χ0) is 22.2. The van der Waals surface area contributed by atoms with E-state index in [2.05, 4.69) is 4.98 Å². The van der Waals surface area contributed by atoms with Crippen LogP contribution in [0.15, 0.2) is 21.5 Å². The Balaban J connectivity index is 1.71. The van der Waals surface area contributed by atoms with Crippen LogP contribution in [0.1, 0.15) is 76.7 Å². The maximum atomic E-state index is 15.7. The van der Waals surface area contributed by atoms with Gasteiger partial charge < -0.3 is 9.84 Å². The molecule has 2 aromatic heterocycles. The van der Waals surface area contributed by atoms with Crippen molar-refractivity contribution in [3.8, 4) is 0 Å². The number of nitrogens with zero attached hydrogens (tertiary/aromatic N) is 1. The molecule has 0 radical (unpaired) electrons. The predicted molar refractivity (Wildman–Crippen MR) is 108 cm³/mol. The maximum Gasteiger partial charge on any atom is 0.328 e. The van der Waals surface area contributed by atoms with Crippen LogP contribution < -0.4 is 11.2 Å². The number of methoxy groups -OCH3 is 1. The van der Waals surface area contributed by atoms with Crippen LogP contribution in [0.3, 0.4) is 0 Å². The Bertz CT molecular complexity index is 1220. The van der Waals surface area contributed by atoms with E-state index < -0.39 is 47.4 Å². The summed E-state index contributed by atoms with van der Waals surface area (Å²) < 4.78 is 50.5. The Morgan fingerprint density at radius 2 is 2.03 bits per heavy atom. The number of fused-ring (bicyclic) bond motifs is 2. The Morgan fingerprint density at radius 1 is 1.32 bits per heavy atom. The van der Waals surface area contributed by atoms with Crippen LogP contribution in [0.4, 0.5) is 13.2 Å². The van der Waals surface area contributed by atoms with E-state index in [0.717, 1.165) is 12.8 Å². The molecular formula is C21H21F3N2O4S. The standard InChI is InChI=1S/C21H21F3N2O4S/c1-8-13(12-7-10-11(31-12)5-6-21(23,24)18(10)27)15(22)17(30-2)14-16(8)26(9-3-4-9)20(29)25-19(14)28/h7-9,13,18,27H,3-6H2,1-2H3,(H,25,28,29). The number of allylic oxidation sites excluding steroid dienone is 1. The third kappa shape index (κ3) is 2.95. The third-order valence-electron chi connectivity index (χ3n) is 6.49. The number of ether oxygens (including phenoxy) is 1. The van der Waals surface area contributed by atoms with Crippen LogP contribution in [-0.2, 0) is 11.2 Å². The second kappa shape index (κ2) is 6.83. The maximum absolute atomic E-state index is 15.7. The van der Waals surface area contributed by atoms with Gasteiger partial charge in [0.2, 0.25) is 0 Å². The zero-order valence-electron chi connectivity index (χ0n) is 16.9. The first-order chi connectivity index (χ1) is 14.7. The van der Waals surface area contributed by atoms with E-state index in [-0.39, 0.29) is 29.3 Å². The normalized spacial score (nSPS) is 27.1. The molecular weight excluding hydrogens is 433 g/mol. The molecule has 0 spiro atoms. The molecule has 0 amide bonds. The number of hydrogen-bond donors (Lipinski definition) is 2. The number of nitrogens with one attached hydrogen (secondary N) is 1. The van der Waals surface area contributed by atoms with Gasteiger partial charge in [-0.05, 0) is 25.3 Å². The van der Waals surface area contributed by atoms with Gasteiger partial charge in [-0.2, -0.15) is 0 Å². The van der Waals surface area contributed by atoms with E-state index in [9.17, 15) is 23.5 Å². The van der Waals surface area contributed by atoms with Gasteiger partial charge >= 0.3 is 5.69 Å². The fourth-order valence-electron chi connectivity index (χ4n) is 4.83. The number of hydrogen-bond acceptors (Lipinski definition) is 5. The van der Waals surface area contributed by atoms with Gasteiger partial charge in [-0.1, -0.05) is 6.92 Å². The highest BCUT2D eigenvalue weighted by atomic mass is 32.1. The molecule has 2 aromatic rings. The summed E-state index contributed by atoms with van der Waals surface area (Å²) in [6.07, 6.45) is -0.759. The van der Waals surface area contributed by atoms with Gasteiger partial charge in [0.25, 0.3) is 11.5 Å². The Morgan fingerprint density at radius 3 is 2.68 bits per heavy atom. The summed E-state index contributed by atoms with van der Waals surface area (Å²) in [4.78, 5) is 28.5. The van der Waals surface area contributed by atoms with Gasteiger partial charge in [0.15, 0.2) is 11.6 Å². The van der Waals surface area contributed by atoms with E-state index in [0.29, 0.717) is 15.4 Å². The van der Waals surface area contributed by atoms with Crippen LogP contribution >= 0.6 is 11.3 Å². The summed E-state index contributed by atoms with van der Waals surface area (Å²) in [5.41, 5.74) is -0.740. The Hall–Kier alpha value is -2.33. The molecule has 0 bridgehead atoms. The summed E-state index contributed by atoms with van der Waals surface area (Å²) in [6, 6.07) is 1.36. The molecule has 6 nitrogen and oxygen atoms in total. The molecule has 1 fully saturated rings. The minimum absolute atomic E-state index is 0.00291. The van der Waals surface area contributed by atoms with Gasteiger partial charge in [0.05, 0.1) is 13.0 Å². The summed E-state index contributed by atoms with van der Waals surface area (Å²) in [5, 5.41) is 10.1. The van der Waals surface area contributed by atoms with E-state index in [1.165, 1.54) is 29.1 Å². The van der Waals surface area contributed by atoms with Crippen molar-refractivity contribution in [3.05, 3.63) is 59.3 Å². The average Bonchev–Trinajstić information content (AvgIpc) is 3.45. The largest absolute Gasteiger partial charge is 0.493 e. The third-order valence-corrected chi connectivity index (χ3v) is 7.79.